The number of aliphatic hydroxyl groups is 1. The van der Waals surface area contributed by atoms with Gasteiger partial charge in [0.2, 0.25) is 0 Å². The maximum Gasteiger partial charge on any atom is 0.264 e. The lowest BCUT2D eigenvalue weighted by Gasteiger charge is -2.33. The van der Waals surface area contributed by atoms with Crippen LogP contribution in [0.1, 0.15) is 29.2 Å². The van der Waals surface area contributed by atoms with Crippen molar-refractivity contribution in [2.45, 2.75) is 31.3 Å². The maximum atomic E-state index is 13.1. The summed E-state index contributed by atoms with van der Waals surface area (Å²) in [4.78, 5) is 0.301. The summed E-state index contributed by atoms with van der Waals surface area (Å²) in [5, 5.41) is 10.6. The van der Waals surface area contributed by atoms with Crippen LogP contribution < -0.4 is 4.31 Å². The van der Waals surface area contributed by atoms with Gasteiger partial charge in [0, 0.05) is 17.1 Å². The molecule has 0 radical (unpaired) electrons. The Morgan fingerprint density at radius 2 is 1.91 bits per heavy atom. The molecule has 0 fully saturated rings. The van der Waals surface area contributed by atoms with Crippen molar-refractivity contribution >= 4 is 27.3 Å². The Labute approximate surface area is 141 Å². The van der Waals surface area contributed by atoms with Crippen molar-refractivity contribution in [1.29, 1.82) is 0 Å². The van der Waals surface area contributed by atoms with Gasteiger partial charge in [0.1, 0.15) is 0 Å². The van der Waals surface area contributed by atoms with Crippen LogP contribution in [0.25, 0.3) is 0 Å². The zero-order valence-electron chi connectivity index (χ0n) is 13.0. The third-order valence-corrected chi connectivity index (χ3v) is 6.32. The van der Waals surface area contributed by atoms with Crippen LogP contribution in [0.15, 0.2) is 41.3 Å². The Hall–Kier alpha value is -1.56. The Balaban J connectivity index is 2.15. The van der Waals surface area contributed by atoms with E-state index in [0.29, 0.717) is 33.2 Å². The molecule has 23 heavy (non-hydrogen) atoms. The lowest BCUT2D eigenvalue weighted by Crippen LogP contribution is -2.37. The van der Waals surface area contributed by atoms with E-state index in [2.05, 4.69) is 0 Å². The lowest BCUT2D eigenvalue weighted by molar-refractivity contribution is 0.166. The molecule has 2 aromatic rings. The fourth-order valence-electron chi connectivity index (χ4n) is 2.89. The number of aliphatic hydroxyl groups excluding tert-OH is 1. The molecule has 0 saturated carbocycles. The summed E-state index contributed by atoms with van der Waals surface area (Å²) in [6.07, 6.45) is -0.356. The monoisotopic (exact) mass is 351 g/mol. The number of hydrogen-bond donors (Lipinski definition) is 1. The summed E-state index contributed by atoms with van der Waals surface area (Å²) in [5.41, 5.74) is 2.64. The summed E-state index contributed by atoms with van der Waals surface area (Å²) >= 11 is 5.99. The first-order valence-electron chi connectivity index (χ1n) is 7.38. The minimum Gasteiger partial charge on any atom is -0.388 e. The van der Waals surface area contributed by atoms with Crippen molar-refractivity contribution < 1.29 is 13.5 Å². The van der Waals surface area contributed by atoms with Crippen molar-refractivity contribution in [3.8, 4) is 0 Å². The quantitative estimate of drug-likeness (QED) is 0.899. The molecule has 1 atom stereocenters. The fraction of sp³-hybridized carbons (Fsp3) is 0.294. The number of aryl methyl sites for hydroxylation is 2. The molecule has 0 aliphatic carbocycles. The molecular formula is C17H18ClNO3S. The van der Waals surface area contributed by atoms with E-state index in [1.807, 2.05) is 19.1 Å². The second kappa shape index (κ2) is 5.82. The van der Waals surface area contributed by atoms with Crippen molar-refractivity contribution in [3.05, 3.63) is 58.1 Å². The van der Waals surface area contributed by atoms with Gasteiger partial charge in [0.15, 0.2) is 0 Å². The highest BCUT2D eigenvalue weighted by Gasteiger charge is 2.33. The van der Waals surface area contributed by atoms with Gasteiger partial charge in [-0.2, -0.15) is 0 Å². The van der Waals surface area contributed by atoms with Crippen LogP contribution in [0.5, 0.6) is 0 Å². The van der Waals surface area contributed by atoms with Crippen molar-refractivity contribution in [2.24, 2.45) is 0 Å². The average molecular weight is 352 g/mol. The number of benzene rings is 2. The van der Waals surface area contributed by atoms with E-state index in [0.717, 1.165) is 5.56 Å². The van der Waals surface area contributed by atoms with E-state index >= 15 is 0 Å². The minimum absolute atomic E-state index is 0.242. The minimum atomic E-state index is -3.69. The first-order valence-corrected chi connectivity index (χ1v) is 9.20. The van der Waals surface area contributed by atoms with Crippen LogP contribution in [-0.2, 0) is 10.0 Å². The first-order chi connectivity index (χ1) is 10.8. The molecule has 1 heterocycles. The molecule has 0 bridgehead atoms. The fourth-order valence-corrected chi connectivity index (χ4v) is 4.89. The van der Waals surface area contributed by atoms with Crippen molar-refractivity contribution in [1.82, 2.24) is 0 Å². The highest BCUT2D eigenvalue weighted by Crippen LogP contribution is 2.38. The Kier molecular flexibility index (Phi) is 4.12. The van der Waals surface area contributed by atoms with Gasteiger partial charge in [-0.15, -0.1) is 0 Å². The molecule has 2 aromatic carbocycles. The molecule has 3 rings (SSSR count). The van der Waals surface area contributed by atoms with Gasteiger partial charge >= 0.3 is 0 Å². The van der Waals surface area contributed by atoms with Gasteiger partial charge < -0.3 is 5.11 Å². The van der Waals surface area contributed by atoms with Crippen LogP contribution in [0.4, 0.5) is 5.69 Å². The highest BCUT2D eigenvalue weighted by molar-refractivity contribution is 7.92. The van der Waals surface area contributed by atoms with Crippen LogP contribution in [0.3, 0.4) is 0 Å². The number of fused-ring (bicyclic) bond motifs is 1. The van der Waals surface area contributed by atoms with Crippen molar-refractivity contribution in [2.75, 3.05) is 10.8 Å². The Morgan fingerprint density at radius 3 is 2.65 bits per heavy atom. The summed E-state index contributed by atoms with van der Waals surface area (Å²) in [6, 6.07) is 10.3. The van der Waals surface area contributed by atoms with E-state index in [-0.39, 0.29) is 6.54 Å². The van der Waals surface area contributed by atoms with Crippen molar-refractivity contribution in [3.63, 3.8) is 0 Å². The van der Waals surface area contributed by atoms with E-state index in [9.17, 15) is 13.5 Å². The summed E-state index contributed by atoms with van der Waals surface area (Å²) in [6.45, 7) is 3.89. The van der Waals surface area contributed by atoms with Gasteiger partial charge in [-0.1, -0.05) is 23.7 Å². The largest absolute Gasteiger partial charge is 0.388 e. The number of nitrogens with zero attached hydrogens (tertiary/aromatic N) is 1. The van der Waals surface area contributed by atoms with Crippen LogP contribution in [0.2, 0.25) is 5.02 Å². The topological polar surface area (TPSA) is 57.6 Å². The molecule has 0 amide bonds. The first kappa shape index (κ1) is 16.3. The number of halogens is 1. The highest BCUT2D eigenvalue weighted by atomic mass is 35.5. The molecule has 0 saturated heterocycles. The summed E-state index contributed by atoms with van der Waals surface area (Å²) in [7, 11) is -3.69. The molecule has 4 nitrogen and oxygen atoms in total. The molecule has 1 aliphatic heterocycles. The van der Waals surface area contributed by atoms with Crippen LogP contribution in [0, 0.1) is 13.8 Å². The Morgan fingerprint density at radius 1 is 1.17 bits per heavy atom. The van der Waals surface area contributed by atoms with Gasteiger partial charge in [-0.3, -0.25) is 4.31 Å². The number of rotatable bonds is 2. The van der Waals surface area contributed by atoms with Crippen LogP contribution >= 0.6 is 11.6 Å². The normalized spacial score (nSPS) is 17.9. The summed E-state index contributed by atoms with van der Waals surface area (Å²) in [5.74, 6) is 0. The third kappa shape index (κ3) is 2.84. The Bertz CT molecular complexity index is 864. The third-order valence-electron chi connectivity index (χ3n) is 4.13. The van der Waals surface area contributed by atoms with E-state index < -0.39 is 16.1 Å². The van der Waals surface area contributed by atoms with E-state index in [1.54, 1.807) is 31.2 Å². The summed E-state index contributed by atoms with van der Waals surface area (Å²) < 4.78 is 27.6. The van der Waals surface area contributed by atoms with E-state index in [1.165, 1.54) is 4.31 Å². The van der Waals surface area contributed by atoms with Gasteiger partial charge in [0.05, 0.1) is 16.7 Å². The number of anilines is 1. The predicted octanol–water partition coefficient (Wildman–Crippen LogP) is 3.59. The molecule has 6 heteroatoms. The molecule has 1 aliphatic rings. The smallest absolute Gasteiger partial charge is 0.264 e. The van der Waals surface area contributed by atoms with Gasteiger partial charge in [-0.05, 0) is 55.7 Å². The second-order valence-electron chi connectivity index (χ2n) is 5.85. The zero-order chi connectivity index (χ0) is 16.8. The molecule has 122 valence electrons. The maximum absolute atomic E-state index is 13.1. The lowest BCUT2D eigenvalue weighted by atomic mass is 10.0. The predicted molar refractivity (Wildman–Crippen MR) is 91.5 cm³/mol. The van der Waals surface area contributed by atoms with Crippen LogP contribution in [-0.4, -0.2) is 20.1 Å². The molecule has 0 aromatic heterocycles. The standard InChI is InChI=1S/C17H18ClNO3S/c1-11-3-4-12(2)17(9-11)23(21,22)19-8-7-16(20)14-10-13(18)5-6-15(14)19/h3-6,9-10,16,20H,7-8H2,1-2H3. The zero-order valence-corrected chi connectivity index (χ0v) is 14.5. The second-order valence-corrected chi connectivity index (χ2v) is 8.12. The SMILES string of the molecule is Cc1ccc(C)c(S(=O)(=O)N2CCC(O)c3cc(Cl)ccc32)c1. The van der Waals surface area contributed by atoms with Gasteiger partial charge in [-0.25, -0.2) is 8.42 Å². The molecule has 1 N–H and O–H groups in total. The molecular weight excluding hydrogens is 334 g/mol. The van der Waals surface area contributed by atoms with Gasteiger partial charge in [0.25, 0.3) is 10.0 Å². The number of hydrogen-bond acceptors (Lipinski definition) is 3. The molecule has 0 spiro atoms. The molecule has 1 unspecified atom stereocenters. The number of sulfonamides is 1. The van der Waals surface area contributed by atoms with E-state index in [4.69, 9.17) is 11.6 Å². The average Bonchev–Trinajstić information content (AvgIpc) is 2.50.